The van der Waals surface area contributed by atoms with Gasteiger partial charge < -0.3 is 0 Å². The first-order chi connectivity index (χ1) is 5.24. The van der Waals surface area contributed by atoms with Crippen LogP contribution in [0.5, 0.6) is 0 Å². The molecule has 5 nitrogen and oxygen atoms in total. The molecule has 0 aliphatic carbocycles. The molecule has 0 radical (unpaired) electrons. The van der Waals surface area contributed by atoms with Crippen LogP contribution in [0.4, 0.5) is 5.82 Å². The Hall–Kier alpha value is -0.996. The SMILES string of the molecule is N[C](=[Ni])Nc1nc[nH]c1C=O. The number of H-pyrrole nitrogens is 1. The number of aromatic nitrogens is 2. The van der Waals surface area contributed by atoms with Crippen molar-refractivity contribution in [3.05, 3.63) is 12.0 Å². The fraction of sp³-hybridized carbons (Fsp3) is 0. The van der Waals surface area contributed by atoms with Gasteiger partial charge >= 0.3 is 69.7 Å². The van der Waals surface area contributed by atoms with Gasteiger partial charge in [0, 0.05) is 0 Å². The summed E-state index contributed by atoms with van der Waals surface area (Å²) in [7, 11) is 0. The third-order valence-corrected chi connectivity index (χ3v) is 1.14. The molecule has 0 aliphatic rings. The number of anilines is 1. The zero-order valence-electron chi connectivity index (χ0n) is 5.40. The Balaban J connectivity index is 2.84. The molecule has 0 amide bonds. The van der Waals surface area contributed by atoms with Crippen LogP contribution in [0, 0.1) is 0 Å². The third kappa shape index (κ3) is 1.96. The Labute approximate surface area is 70.3 Å². The van der Waals surface area contributed by atoms with Crippen LogP contribution in [-0.4, -0.2) is 21.0 Å². The van der Waals surface area contributed by atoms with Gasteiger partial charge in [-0.2, -0.15) is 0 Å². The zero-order chi connectivity index (χ0) is 8.27. The van der Waals surface area contributed by atoms with Crippen LogP contribution in [0.25, 0.3) is 0 Å². The van der Waals surface area contributed by atoms with Crippen molar-refractivity contribution in [1.29, 1.82) is 0 Å². The number of hydrogen-bond donors (Lipinski definition) is 3. The molecule has 4 N–H and O–H groups in total. The number of nitrogens with zero attached hydrogens (tertiary/aromatic N) is 1. The van der Waals surface area contributed by atoms with E-state index in [2.05, 4.69) is 30.3 Å². The van der Waals surface area contributed by atoms with Crippen LogP contribution in [0.2, 0.25) is 0 Å². The first-order valence-corrected chi connectivity index (χ1v) is 3.24. The number of carbonyl (C=O) groups excluding carboxylic acids is 1. The van der Waals surface area contributed by atoms with E-state index in [0.717, 1.165) is 0 Å². The first kappa shape index (κ1) is 8.10. The van der Waals surface area contributed by atoms with E-state index in [1.165, 1.54) is 6.33 Å². The molecule has 0 aliphatic heterocycles. The van der Waals surface area contributed by atoms with Gasteiger partial charge in [0.1, 0.15) is 0 Å². The average Bonchev–Trinajstić information content (AvgIpc) is 2.34. The molecule has 0 spiro atoms. The molecular weight excluding hydrogens is 191 g/mol. The van der Waals surface area contributed by atoms with Crippen molar-refractivity contribution in [3.63, 3.8) is 0 Å². The van der Waals surface area contributed by atoms with E-state index in [1.54, 1.807) is 0 Å². The zero-order valence-corrected chi connectivity index (χ0v) is 6.39. The molecule has 0 fully saturated rings. The van der Waals surface area contributed by atoms with E-state index >= 15 is 0 Å². The van der Waals surface area contributed by atoms with Crippen molar-refractivity contribution in [2.75, 3.05) is 5.32 Å². The second-order valence-corrected chi connectivity index (χ2v) is 2.25. The maximum absolute atomic E-state index is 10.3. The summed E-state index contributed by atoms with van der Waals surface area (Å²) in [5.74, 6) is 0.365. The van der Waals surface area contributed by atoms with Crippen molar-refractivity contribution in [1.82, 2.24) is 9.97 Å². The summed E-state index contributed by atoms with van der Waals surface area (Å²) in [6.07, 6.45) is 2.02. The fourth-order valence-corrected chi connectivity index (χ4v) is 0.716. The van der Waals surface area contributed by atoms with Crippen molar-refractivity contribution < 1.29 is 19.8 Å². The van der Waals surface area contributed by atoms with Gasteiger partial charge in [0.15, 0.2) is 0 Å². The van der Waals surface area contributed by atoms with Gasteiger partial charge in [-0.1, -0.05) is 0 Å². The number of imidazole rings is 1. The molecule has 0 saturated carbocycles. The average molecular weight is 197 g/mol. The van der Waals surface area contributed by atoms with E-state index < -0.39 is 0 Å². The van der Waals surface area contributed by atoms with Gasteiger partial charge in [-0.05, 0) is 0 Å². The normalized spacial score (nSPS) is 9.36. The van der Waals surface area contributed by atoms with Crippen LogP contribution in [-0.2, 0) is 15.0 Å². The Kier molecular flexibility index (Phi) is 2.51. The minimum atomic E-state index is 0.125. The second-order valence-electron chi connectivity index (χ2n) is 1.72. The molecule has 1 rings (SSSR count). The second kappa shape index (κ2) is 3.41. The maximum atomic E-state index is 10.3. The Morgan fingerprint density at radius 3 is 3.18 bits per heavy atom. The molecular formula is C5H6N4NiO. The number of hydrogen-bond acceptors (Lipinski definition) is 4. The summed E-state index contributed by atoms with van der Waals surface area (Å²) < 4.78 is 0.125. The van der Waals surface area contributed by atoms with E-state index in [-0.39, 0.29) is 4.74 Å². The summed E-state index contributed by atoms with van der Waals surface area (Å²) in [6.45, 7) is 0. The van der Waals surface area contributed by atoms with Crippen molar-refractivity contribution in [2.45, 2.75) is 0 Å². The molecule has 1 aromatic heterocycles. The van der Waals surface area contributed by atoms with E-state index in [1.807, 2.05) is 0 Å². The predicted octanol–water partition coefficient (Wildman–Crippen LogP) is -0.773. The summed E-state index contributed by atoms with van der Waals surface area (Å²) in [4.78, 5) is 16.7. The minimum absolute atomic E-state index is 0.125. The molecule has 11 heavy (non-hydrogen) atoms. The summed E-state index contributed by atoms with van der Waals surface area (Å²) in [5.41, 5.74) is 5.51. The monoisotopic (exact) mass is 196 g/mol. The number of rotatable bonds is 3. The molecule has 1 aromatic rings. The quantitative estimate of drug-likeness (QED) is 0.438. The number of nitrogens with one attached hydrogen (secondary N) is 2. The van der Waals surface area contributed by atoms with Crippen LogP contribution in [0.3, 0.4) is 0 Å². The van der Waals surface area contributed by atoms with Crippen LogP contribution < -0.4 is 11.1 Å². The van der Waals surface area contributed by atoms with E-state index in [4.69, 9.17) is 5.73 Å². The topological polar surface area (TPSA) is 83.8 Å². The van der Waals surface area contributed by atoms with Crippen molar-refractivity contribution in [3.8, 4) is 0 Å². The van der Waals surface area contributed by atoms with Gasteiger partial charge in [-0.25, -0.2) is 0 Å². The Morgan fingerprint density at radius 1 is 1.91 bits per heavy atom. The van der Waals surface area contributed by atoms with E-state index in [9.17, 15) is 4.79 Å². The molecule has 0 saturated heterocycles. The molecule has 1 heterocycles. The van der Waals surface area contributed by atoms with Crippen LogP contribution in [0.1, 0.15) is 10.5 Å². The van der Waals surface area contributed by atoms with Gasteiger partial charge in [0.25, 0.3) is 0 Å². The number of nitrogens with two attached hydrogens (primary N) is 1. The number of aromatic amines is 1. The molecule has 0 unspecified atom stereocenters. The molecule has 6 heteroatoms. The number of carbonyl (C=O) groups is 1. The summed E-state index contributed by atoms with van der Waals surface area (Å²) in [6, 6.07) is 0. The Morgan fingerprint density at radius 2 is 2.64 bits per heavy atom. The molecule has 0 bridgehead atoms. The molecule has 0 atom stereocenters. The third-order valence-electron chi connectivity index (χ3n) is 1.02. The predicted molar refractivity (Wildman–Crippen MR) is 36.8 cm³/mol. The van der Waals surface area contributed by atoms with Gasteiger partial charge in [-0.15, -0.1) is 0 Å². The van der Waals surface area contributed by atoms with Gasteiger partial charge in [-0.3, -0.25) is 0 Å². The fourth-order valence-electron chi connectivity index (χ4n) is 0.600. The summed E-state index contributed by atoms with van der Waals surface area (Å²) >= 11 is 4.26. The standard InChI is InChI=1S/C5H6N4O.Ni/c6-2-7-5-4(1-10)8-3-9-5;/h1,3,7H,6H2,(H,8,9);. The van der Waals surface area contributed by atoms with Gasteiger partial charge in [0.2, 0.25) is 0 Å². The number of aldehydes is 1. The van der Waals surface area contributed by atoms with Crippen LogP contribution in [0.15, 0.2) is 6.33 Å². The molecule has 0 aromatic carbocycles. The Bertz CT molecular complexity index is 282. The van der Waals surface area contributed by atoms with Crippen LogP contribution >= 0.6 is 0 Å². The van der Waals surface area contributed by atoms with E-state index in [0.29, 0.717) is 17.8 Å². The van der Waals surface area contributed by atoms with Crippen molar-refractivity contribution >= 4 is 16.8 Å². The van der Waals surface area contributed by atoms with Crippen molar-refractivity contribution in [2.24, 2.45) is 5.73 Å². The molecule has 62 valence electrons. The first-order valence-electron chi connectivity index (χ1n) is 2.74. The summed E-state index contributed by atoms with van der Waals surface area (Å²) in [5, 5.41) is 2.56. The van der Waals surface area contributed by atoms with Gasteiger partial charge in [0.05, 0.1) is 0 Å².